The number of anilines is 1. The van der Waals surface area contributed by atoms with Crippen molar-refractivity contribution in [1.82, 2.24) is 9.88 Å². The summed E-state index contributed by atoms with van der Waals surface area (Å²) in [6, 6.07) is 9.13. The van der Waals surface area contributed by atoms with Gasteiger partial charge in [-0.05, 0) is 31.6 Å². The molecule has 2 aromatic rings. The highest BCUT2D eigenvalue weighted by Crippen LogP contribution is 2.23. The van der Waals surface area contributed by atoms with Crippen LogP contribution in [0.4, 0.5) is 5.69 Å². The van der Waals surface area contributed by atoms with Gasteiger partial charge in [0.25, 0.3) is 0 Å². The zero-order chi connectivity index (χ0) is 17.1. The topological polar surface area (TPSA) is 53.5 Å². The fourth-order valence-electron chi connectivity index (χ4n) is 2.77. The van der Waals surface area contributed by atoms with E-state index in [-0.39, 0.29) is 11.8 Å². The van der Waals surface area contributed by atoms with Crippen molar-refractivity contribution >= 4 is 34.9 Å². The van der Waals surface area contributed by atoms with Crippen LogP contribution in [0.5, 0.6) is 0 Å². The Balaban J connectivity index is 1.67. The molecule has 2 amide bonds. The van der Waals surface area contributed by atoms with Crippen molar-refractivity contribution in [3.05, 3.63) is 52.5 Å². The monoisotopic (exact) mass is 341 g/mol. The summed E-state index contributed by atoms with van der Waals surface area (Å²) in [4.78, 5) is 32.5. The Morgan fingerprint density at radius 2 is 2.12 bits per heavy atom. The number of thiazole rings is 1. The number of carbonyl (C=O) groups is 2. The van der Waals surface area contributed by atoms with Crippen molar-refractivity contribution in [3.63, 3.8) is 0 Å². The molecule has 1 unspecified atom stereocenters. The van der Waals surface area contributed by atoms with Gasteiger partial charge in [-0.2, -0.15) is 0 Å². The molecular weight excluding hydrogens is 322 g/mol. The fraction of sp³-hybridized carbons (Fsp3) is 0.278. The summed E-state index contributed by atoms with van der Waals surface area (Å²) in [7, 11) is 1.68. The number of para-hydroxylation sites is 1. The maximum absolute atomic E-state index is 12.6. The van der Waals surface area contributed by atoms with Gasteiger partial charge in [-0.1, -0.05) is 18.2 Å². The molecule has 0 aliphatic carbocycles. The first-order valence-corrected chi connectivity index (χ1v) is 8.67. The third kappa shape index (κ3) is 3.38. The normalized spacial score (nSPS) is 17.7. The second-order valence-corrected chi connectivity index (χ2v) is 6.77. The van der Waals surface area contributed by atoms with E-state index in [1.807, 2.05) is 42.6 Å². The van der Waals surface area contributed by atoms with Gasteiger partial charge in [-0.25, -0.2) is 4.98 Å². The minimum Gasteiger partial charge on any atom is -0.330 e. The van der Waals surface area contributed by atoms with Gasteiger partial charge < -0.3 is 9.80 Å². The Labute approximate surface area is 145 Å². The molecule has 0 N–H and O–H groups in total. The molecule has 24 heavy (non-hydrogen) atoms. The van der Waals surface area contributed by atoms with Crippen LogP contribution < -0.4 is 4.90 Å². The summed E-state index contributed by atoms with van der Waals surface area (Å²) >= 11 is 1.54. The Morgan fingerprint density at radius 3 is 2.79 bits per heavy atom. The number of amides is 2. The van der Waals surface area contributed by atoms with Crippen molar-refractivity contribution in [2.24, 2.45) is 0 Å². The van der Waals surface area contributed by atoms with Crippen molar-refractivity contribution in [1.29, 1.82) is 0 Å². The van der Waals surface area contributed by atoms with Crippen LogP contribution in [0.2, 0.25) is 0 Å². The average Bonchev–Trinajstić information content (AvgIpc) is 3.18. The molecule has 1 aliphatic heterocycles. The molecule has 1 atom stereocenters. The fourth-order valence-corrected chi connectivity index (χ4v) is 3.35. The molecule has 0 spiro atoms. The summed E-state index contributed by atoms with van der Waals surface area (Å²) in [6.07, 6.45) is 3.81. The predicted molar refractivity (Wildman–Crippen MR) is 95.9 cm³/mol. The summed E-state index contributed by atoms with van der Waals surface area (Å²) in [5.41, 5.74) is 1.64. The van der Waals surface area contributed by atoms with Crippen LogP contribution in [0.3, 0.4) is 0 Å². The first-order chi connectivity index (χ1) is 11.6. The molecule has 0 radical (unpaired) electrons. The molecule has 1 aromatic heterocycles. The van der Waals surface area contributed by atoms with E-state index in [9.17, 15) is 9.59 Å². The van der Waals surface area contributed by atoms with Gasteiger partial charge in [-0.15, -0.1) is 11.3 Å². The molecule has 1 aromatic carbocycles. The van der Waals surface area contributed by atoms with E-state index in [0.29, 0.717) is 13.0 Å². The smallest absolute Gasteiger partial charge is 0.249 e. The van der Waals surface area contributed by atoms with Crippen molar-refractivity contribution in [2.75, 3.05) is 18.5 Å². The minimum atomic E-state index is -0.417. The SMILES string of the molecule is Cc1nc(/C=C/C(=O)N(C)C2CCN(c3ccccc3)C2=O)cs1. The van der Waals surface area contributed by atoms with Gasteiger partial charge >= 0.3 is 0 Å². The van der Waals surface area contributed by atoms with Crippen molar-refractivity contribution in [3.8, 4) is 0 Å². The Morgan fingerprint density at radius 1 is 1.38 bits per heavy atom. The lowest BCUT2D eigenvalue weighted by atomic mass is 10.2. The number of carbonyl (C=O) groups excluding carboxylic acids is 2. The van der Waals surface area contributed by atoms with Crippen LogP contribution in [0.15, 0.2) is 41.8 Å². The van der Waals surface area contributed by atoms with Crippen LogP contribution >= 0.6 is 11.3 Å². The van der Waals surface area contributed by atoms with Crippen LogP contribution in [0.1, 0.15) is 17.1 Å². The van der Waals surface area contributed by atoms with E-state index < -0.39 is 6.04 Å². The van der Waals surface area contributed by atoms with Gasteiger partial charge in [0, 0.05) is 30.7 Å². The Hall–Kier alpha value is -2.47. The second-order valence-electron chi connectivity index (χ2n) is 5.70. The quantitative estimate of drug-likeness (QED) is 0.804. The molecule has 2 heterocycles. The lowest BCUT2D eigenvalue weighted by molar-refractivity contribution is -0.132. The van der Waals surface area contributed by atoms with E-state index in [0.717, 1.165) is 16.4 Å². The predicted octanol–water partition coefficient (Wildman–Crippen LogP) is 2.73. The Bertz CT molecular complexity index is 770. The van der Waals surface area contributed by atoms with Gasteiger partial charge in [0.1, 0.15) is 6.04 Å². The number of rotatable bonds is 4. The number of nitrogens with zero attached hydrogens (tertiary/aromatic N) is 3. The van der Waals surface area contributed by atoms with Crippen LogP contribution in [-0.4, -0.2) is 41.3 Å². The van der Waals surface area contributed by atoms with Crippen LogP contribution in [-0.2, 0) is 9.59 Å². The maximum Gasteiger partial charge on any atom is 0.249 e. The summed E-state index contributed by atoms with van der Waals surface area (Å²) in [5, 5.41) is 2.86. The summed E-state index contributed by atoms with van der Waals surface area (Å²) in [5.74, 6) is -0.219. The molecule has 124 valence electrons. The first kappa shape index (κ1) is 16.4. The number of hydrogen-bond acceptors (Lipinski definition) is 4. The van der Waals surface area contributed by atoms with E-state index in [1.165, 1.54) is 11.0 Å². The number of aryl methyl sites for hydroxylation is 1. The highest BCUT2D eigenvalue weighted by Gasteiger charge is 2.36. The highest BCUT2D eigenvalue weighted by molar-refractivity contribution is 7.09. The average molecular weight is 341 g/mol. The van der Waals surface area contributed by atoms with E-state index in [2.05, 4.69) is 4.98 Å². The lowest BCUT2D eigenvalue weighted by Gasteiger charge is -2.23. The van der Waals surface area contributed by atoms with E-state index in [1.54, 1.807) is 29.4 Å². The van der Waals surface area contributed by atoms with Crippen LogP contribution in [0.25, 0.3) is 6.08 Å². The summed E-state index contributed by atoms with van der Waals surface area (Å²) in [6.45, 7) is 2.55. The molecule has 6 heteroatoms. The molecule has 5 nitrogen and oxygen atoms in total. The van der Waals surface area contributed by atoms with Crippen LogP contribution in [0, 0.1) is 6.92 Å². The molecule has 0 saturated carbocycles. The standard InChI is InChI=1S/C18H19N3O2S/c1-13-19-14(12-24-13)8-9-17(22)20(2)16-10-11-21(18(16)23)15-6-4-3-5-7-15/h3-9,12,16H,10-11H2,1-2H3/b9-8+. The van der Waals surface area contributed by atoms with Gasteiger partial charge in [0.15, 0.2) is 0 Å². The molecular formula is C18H19N3O2S. The molecule has 1 fully saturated rings. The van der Waals surface area contributed by atoms with E-state index >= 15 is 0 Å². The highest BCUT2D eigenvalue weighted by atomic mass is 32.1. The van der Waals surface area contributed by atoms with Crippen molar-refractivity contribution in [2.45, 2.75) is 19.4 Å². The first-order valence-electron chi connectivity index (χ1n) is 7.79. The zero-order valence-electron chi connectivity index (χ0n) is 13.7. The molecule has 1 aliphatic rings. The zero-order valence-corrected chi connectivity index (χ0v) is 14.5. The number of benzene rings is 1. The molecule has 0 bridgehead atoms. The Kier molecular flexibility index (Phi) is 4.76. The molecule has 1 saturated heterocycles. The van der Waals surface area contributed by atoms with Gasteiger partial charge in [0.05, 0.1) is 10.7 Å². The summed E-state index contributed by atoms with van der Waals surface area (Å²) < 4.78 is 0. The second kappa shape index (κ2) is 6.97. The third-order valence-electron chi connectivity index (χ3n) is 4.09. The van der Waals surface area contributed by atoms with Crippen molar-refractivity contribution < 1.29 is 9.59 Å². The number of hydrogen-bond donors (Lipinski definition) is 0. The maximum atomic E-state index is 12.6. The van der Waals surface area contributed by atoms with Gasteiger partial charge in [0.2, 0.25) is 11.8 Å². The van der Waals surface area contributed by atoms with E-state index in [4.69, 9.17) is 0 Å². The minimum absolute atomic E-state index is 0.0325. The molecule has 3 rings (SSSR count). The number of likely N-dealkylation sites (N-methyl/N-ethyl adjacent to an activating group) is 1. The van der Waals surface area contributed by atoms with Gasteiger partial charge in [-0.3, -0.25) is 9.59 Å². The largest absolute Gasteiger partial charge is 0.330 e. The lowest BCUT2D eigenvalue weighted by Crippen LogP contribution is -2.42. The number of aromatic nitrogens is 1. The third-order valence-corrected chi connectivity index (χ3v) is 4.89.